The van der Waals surface area contributed by atoms with E-state index < -0.39 is 0 Å². The molecule has 2 rings (SSSR count). The molecular weight excluding hydrogens is 200 g/mol. The molecular formula is C12H22N4. The first-order chi connectivity index (χ1) is 7.70. The molecule has 0 spiro atoms. The average Bonchev–Trinajstić information content (AvgIpc) is 2.62. The lowest BCUT2D eigenvalue weighted by Crippen LogP contribution is -2.35. The molecule has 4 nitrogen and oxygen atoms in total. The normalized spacial score (nSPS) is 19.2. The molecule has 0 bridgehead atoms. The third kappa shape index (κ3) is 2.44. The summed E-state index contributed by atoms with van der Waals surface area (Å²) in [5.74, 6) is 0.739. The maximum absolute atomic E-state index is 5.70. The molecule has 0 saturated carbocycles. The van der Waals surface area contributed by atoms with Crippen molar-refractivity contribution in [3.8, 4) is 0 Å². The third-order valence-corrected chi connectivity index (χ3v) is 3.70. The van der Waals surface area contributed by atoms with Gasteiger partial charge in [0.25, 0.3) is 0 Å². The first-order valence-corrected chi connectivity index (χ1v) is 6.13. The second kappa shape index (κ2) is 4.97. The van der Waals surface area contributed by atoms with E-state index in [4.69, 9.17) is 5.73 Å². The van der Waals surface area contributed by atoms with Crippen LogP contribution in [0.25, 0.3) is 0 Å². The molecule has 2 heterocycles. The highest BCUT2D eigenvalue weighted by Gasteiger charge is 2.19. The molecule has 3 N–H and O–H groups in total. The Labute approximate surface area is 97.2 Å². The van der Waals surface area contributed by atoms with Gasteiger partial charge in [-0.2, -0.15) is 5.10 Å². The lowest BCUT2D eigenvalue weighted by molar-refractivity contribution is 0.180. The van der Waals surface area contributed by atoms with Gasteiger partial charge in [0.1, 0.15) is 0 Å². The monoisotopic (exact) mass is 222 g/mol. The maximum Gasteiger partial charge on any atom is 0.0639 e. The van der Waals surface area contributed by atoms with Gasteiger partial charge in [0.15, 0.2) is 0 Å². The highest BCUT2D eigenvalue weighted by Crippen LogP contribution is 2.19. The molecule has 1 fully saturated rings. The highest BCUT2D eigenvalue weighted by atomic mass is 15.2. The number of likely N-dealkylation sites (tertiary alicyclic amines) is 1. The van der Waals surface area contributed by atoms with Crippen molar-refractivity contribution >= 4 is 0 Å². The van der Waals surface area contributed by atoms with E-state index in [-0.39, 0.29) is 0 Å². The summed E-state index contributed by atoms with van der Waals surface area (Å²) in [6, 6.07) is 0. The van der Waals surface area contributed by atoms with Crippen LogP contribution in [0.1, 0.15) is 29.8 Å². The van der Waals surface area contributed by atoms with Gasteiger partial charge in [-0.1, -0.05) is 0 Å². The third-order valence-electron chi connectivity index (χ3n) is 3.70. The molecule has 1 saturated heterocycles. The van der Waals surface area contributed by atoms with Crippen molar-refractivity contribution in [2.45, 2.75) is 33.2 Å². The fourth-order valence-corrected chi connectivity index (χ4v) is 2.41. The number of nitrogens with two attached hydrogens (primary N) is 1. The second-order valence-electron chi connectivity index (χ2n) is 4.87. The molecule has 0 aromatic carbocycles. The van der Waals surface area contributed by atoms with Crippen LogP contribution in [0.2, 0.25) is 0 Å². The van der Waals surface area contributed by atoms with Gasteiger partial charge in [0.05, 0.1) is 5.69 Å². The van der Waals surface area contributed by atoms with Gasteiger partial charge in [-0.05, 0) is 52.2 Å². The Kier molecular flexibility index (Phi) is 3.61. The minimum absolute atomic E-state index is 0.739. The van der Waals surface area contributed by atoms with Crippen molar-refractivity contribution in [3.05, 3.63) is 17.0 Å². The van der Waals surface area contributed by atoms with E-state index in [1.807, 2.05) is 0 Å². The van der Waals surface area contributed by atoms with Gasteiger partial charge in [0, 0.05) is 17.8 Å². The Bertz CT molecular complexity index is 317. The molecule has 1 aliphatic rings. The van der Waals surface area contributed by atoms with Crippen LogP contribution in [0.15, 0.2) is 0 Å². The first-order valence-electron chi connectivity index (χ1n) is 6.13. The van der Waals surface area contributed by atoms with E-state index in [0.29, 0.717) is 0 Å². The lowest BCUT2D eigenvalue weighted by Gasteiger charge is -2.31. The van der Waals surface area contributed by atoms with Gasteiger partial charge >= 0.3 is 0 Å². The van der Waals surface area contributed by atoms with Gasteiger partial charge in [-0.3, -0.25) is 10.00 Å². The van der Waals surface area contributed by atoms with Crippen molar-refractivity contribution in [1.29, 1.82) is 0 Å². The number of aromatic nitrogens is 2. The molecule has 1 aromatic heterocycles. The fraction of sp³-hybridized carbons (Fsp3) is 0.750. The van der Waals surface area contributed by atoms with Crippen LogP contribution in [0, 0.1) is 19.8 Å². The van der Waals surface area contributed by atoms with Gasteiger partial charge in [-0.25, -0.2) is 0 Å². The Morgan fingerprint density at radius 2 is 2.06 bits per heavy atom. The second-order valence-corrected chi connectivity index (χ2v) is 4.87. The molecule has 0 radical (unpaired) electrons. The van der Waals surface area contributed by atoms with E-state index >= 15 is 0 Å². The summed E-state index contributed by atoms with van der Waals surface area (Å²) in [7, 11) is 0. The smallest absolute Gasteiger partial charge is 0.0639 e. The SMILES string of the molecule is Cc1n[nH]c(C)c1CN1CCC(CN)CC1. The fourth-order valence-electron chi connectivity index (χ4n) is 2.41. The summed E-state index contributed by atoms with van der Waals surface area (Å²) in [6.45, 7) is 8.40. The minimum atomic E-state index is 0.739. The molecule has 0 amide bonds. The number of nitrogens with zero attached hydrogens (tertiary/aromatic N) is 2. The van der Waals surface area contributed by atoms with E-state index in [9.17, 15) is 0 Å². The Hall–Kier alpha value is -0.870. The van der Waals surface area contributed by atoms with Gasteiger partial charge in [0.2, 0.25) is 0 Å². The molecule has 4 heteroatoms. The zero-order chi connectivity index (χ0) is 11.5. The van der Waals surface area contributed by atoms with Crippen LogP contribution in [0.5, 0.6) is 0 Å². The van der Waals surface area contributed by atoms with Crippen molar-refractivity contribution in [1.82, 2.24) is 15.1 Å². The summed E-state index contributed by atoms with van der Waals surface area (Å²) in [5.41, 5.74) is 9.41. The number of piperidine rings is 1. The number of H-pyrrole nitrogens is 1. The summed E-state index contributed by atoms with van der Waals surface area (Å²) >= 11 is 0. The predicted octanol–water partition coefficient (Wildman–Crippen LogP) is 1.20. The van der Waals surface area contributed by atoms with Crippen LogP contribution in [0.3, 0.4) is 0 Å². The lowest BCUT2D eigenvalue weighted by atomic mass is 9.97. The summed E-state index contributed by atoms with van der Waals surface area (Å²) in [5, 5.41) is 7.29. The van der Waals surface area contributed by atoms with Crippen LogP contribution in [0.4, 0.5) is 0 Å². The molecule has 0 atom stereocenters. The zero-order valence-electron chi connectivity index (χ0n) is 10.3. The topological polar surface area (TPSA) is 57.9 Å². The largest absolute Gasteiger partial charge is 0.330 e. The number of rotatable bonds is 3. The Morgan fingerprint density at radius 1 is 1.38 bits per heavy atom. The van der Waals surface area contributed by atoms with E-state index in [2.05, 4.69) is 28.9 Å². The number of nitrogens with one attached hydrogen (secondary N) is 1. The van der Waals surface area contributed by atoms with Crippen molar-refractivity contribution < 1.29 is 0 Å². The minimum Gasteiger partial charge on any atom is -0.330 e. The molecule has 0 unspecified atom stereocenters. The van der Waals surface area contributed by atoms with Crippen LogP contribution >= 0.6 is 0 Å². The molecule has 16 heavy (non-hydrogen) atoms. The summed E-state index contributed by atoms with van der Waals surface area (Å²) in [4.78, 5) is 2.51. The van der Waals surface area contributed by atoms with Crippen molar-refractivity contribution in [2.24, 2.45) is 11.7 Å². The number of hydrogen-bond donors (Lipinski definition) is 2. The average molecular weight is 222 g/mol. The number of hydrogen-bond acceptors (Lipinski definition) is 3. The maximum atomic E-state index is 5.70. The molecule has 0 aliphatic carbocycles. The standard InChI is InChI=1S/C12H22N4/c1-9-12(10(2)15-14-9)8-16-5-3-11(7-13)4-6-16/h11H,3-8,13H2,1-2H3,(H,14,15). The van der Waals surface area contributed by atoms with E-state index in [1.54, 1.807) is 0 Å². The van der Waals surface area contributed by atoms with Crippen molar-refractivity contribution in [2.75, 3.05) is 19.6 Å². The highest BCUT2D eigenvalue weighted by molar-refractivity contribution is 5.22. The van der Waals surface area contributed by atoms with Crippen LogP contribution in [-0.2, 0) is 6.54 Å². The Morgan fingerprint density at radius 3 is 2.56 bits per heavy atom. The number of aryl methyl sites for hydroxylation is 2. The van der Waals surface area contributed by atoms with Crippen molar-refractivity contribution in [3.63, 3.8) is 0 Å². The Balaban J connectivity index is 1.92. The van der Waals surface area contributed by atoms with Gasteiger partial charge in [-0.15, -0.1) is 0 Å². The first kappa shape index (κ1) is 11.6. The van der Waals surface area contributed by atoms with Gasteiger partial charge < -0.3 is 5.73 Å². The van der Waals surface area contributed by atoms with E-state index in [1.165, 1.54) is 37.2 Å². The van der Waals surface area contributed by atoms with Crippen LogP contribution in [-0.4, -0.2) is 34.7 Å². The quantitative estimate of drug-likeness (QED) is 0.808. The summed E-state index contributed by atoms with van der Waals surface area (Å²) < 4.78 is 0. The summed E-state index contributed by atoms with van der Waals surface area (Å²) in [6.07, 6.45) is 2.49. The van der Waals surface area contributed by atoms with Crippen LogP contribution < -0.4 is 5.73 Å². The van der Waals surface area contributed by atoms with E-state index in [0.717, 1.165) is 24.7 Å². The predicted molar refractivity (Wildman–Crippen MR) is 65.1 cm³/mol. The molecule has 1 aliphatic heterocycles. The molecule has 1 aromatic rings. The molecule has 90 valence electrons. The zero-order valence-corrected chi connectivity index (χ0v) is 10.3. The number of aromatic amines is 1.